The number of hydrogen-bond acceptors (Lipinski definition) is 4. The first-order valence-electron chi connectivity index (χ1n) is 5.22. The van der Waals surface area contributed by atoms with E-state index in [0.29, 0.717) is 11.3 Å². The number of halogens is 5. The summed E-state index contributed by atoms with van der Waals surface area (Å²) in [5.41, 5.74) is -1.31. The number of anilines is 2. The highest BCUT2D eigenvalue weighted by Gasteiger charge is 2.39. The first-order chi connectivity index (χ1) is 9.68. The van der Waals surface area contributed by atoms with Crippen molar-refractivity contribution < 1.29 is 27.5 Å². The average Bonchev–Trinajstić information content (AvgIpc) is 2.78. The number of carbonyl (C=O) groups is 1. The molecule has 2 aromatic rings. The topological polar surface area (TPSA) is 62.2 Å². The van der Waals surface area contributed by atoms with Crippen LogP contribution in [0, 0.1) is 5.82 Å². The predicted octanol–water partition coefficient (Wildman–Crippen LogP) is 4.40. The van der Waals surface area contributed by atoms with Crippen LogP contribution < -0.4 is 5.32 Å². The fourth-order valence-corrected chi connectivity index (χ4v) is 2.43. The monoisotopic (exact) mass is 340 g/mol. The van der Waals surface area contributed by atoms with Crippen LogP contribution in [0.25, 0.3) is 0 Å². The van der Waals surface area contributed by atoms with Crippen molar-refractivity contribution in [2.45, 2.75) is 6.18 Å². The van der Waals surface area contributed by atoms with Crippen LogP contribution in [0.4, 0.5) is 28.4 Å². The minimum absolute atomic E-state index is 0.181. The third kappa shape index (κ3) is 3.42. The number of nitrogens with one attached hydrogen (secondary N) is 1. The minimum atomic E-state index is -4.88. The normalized spacial score (nSPS) is 11.5. The molecule has 1 aromatic carbocycles. The number of carboxylic acids is 1. The predicted molar refractivity (Wildman–Crippen MR) is 68.8 cm³/mol. The molecule has 0 aliphatic rings. The van der Waals surface area contributed by atoms with Gasteiger partial charge in [0, 0.05) is 5.69 Å². The minimum Gasteiger partial charge on any atom is -0.477 e. The Kier molecular flexibility index (Phi) is 4.06. The molecule has 2 N–H and O–H groups in total. The number of benzene rings is 1. The molecule has 4 nitrogen and oxygen atoms in total. The molecular formula is C11H5ClF4N2O2S. The van der Waals surface area contributed by atoms with E-state index >= 15 is 0 Å². The van der Waals surface area contributed by atoms with Crippen LogP contribution >= 0.6 is 22.9 Å². The Hall–Kier alpha value is -1.87. The van der Waals surface area contributed by atoms with E-state index in [1.807, 2.05) is 0 Å². The van der Waals surface area contributed by atoms with Crippen LogP contribution in [-0.4, -0.2) is 16.1 Å². The number of alkyl halides is 3. The van der Waals surface area contributed by atoms with Crippen molar-refractivity contribution >= 4 is 39.7 Å². The van der Waals surface area contributed by atoms with E-state index in [2.05, 4.69) is 10.3 Å². The summed E-state index contributed by atoms with van der Waals surface area (Å²) in [4.78, 5) is 13.1. The lowest BCUT2D eigenvalue weighted by molar-refractivity contribution is -0.141. The number of nitrogens with zero attached hydrogens (tertiary/aromatic N) is 1. The first kappa shape index (κ1) is 15.5. The molecule has 2 rings (SSSR count). The van der Waals surface area contributed by atoms with E-state index in [4.69, 9.17) is 16.7 Å². The standard InChI is InChI=1S/C11H5ClF4N2O2S/c12-5-3-4(1-2-6(5)13)17-10-18-8(11(14,15)16)7(21-10)9(19)20/h1-3H,(H,17,18)(H,19,20). The van der Waals surface area contributed by atoms with Crippen molar-refractivity contribution in [1.82, 2.24) is 4.98 Å². The lowest BCUT2D eigenvalue weighted by Crippen LogP contribution is -2.11. The second kappa shape index (κ2) is 5.49. The van der Waals surface area contributed by atoms with Crippen molar-refractivity contribution in [3.8, 4) is 0 Å². The van der Waals surface area contributed by atoms with Crippen molar-refractivity contribution in [3.63, 3.8) is 0 Å². The van der Waals surface area contributed by atoms with Gasteiger partial charge in [0.1, 0.15) is 10.7 Å². The van der Waals surface area contributed by atoms with Gasteiger partial charge in [-0.1, -0.05) is 22.9 Å². The number of aromatic carboxylic acids is 1. The lowest BCUT2D eigenvalue weighted by Gasteiger charge is -2.04. The molecule has 1 heterocycles. The van der Waals surface area contributed by atoms with Crippen LogP contribution in [0.1, 0.15) is 15.4 Å². The Morgan fingerprint density at radius 1 is 1.38 bits per heavy atom. The maximum Gasteiger partial charge on any atom is 0.435 e. The van der Waals surface area contributed by atoms with Gasteiger partial charge in [-0.15, -0.1) is 0 Å². The van der Waals surface area contributed by atoms with Crippen LogP contribution in [0.2, 0.25) is 5.02 Å². The van der Waals surface area contributed by atoms with Crippen molar-refractivity contribution in [2.24, 2.45) is 0 Å². The van der Waals surface area contributed by atoms with Crippen molar-refractivity contribution in [3.05, 3.63) is 39.6 Å². The highest BCUT2D eigenvalue weighted by molar-refractivity contribution is 7.17. The van der Waals surface area contributed by atoms with Gasteiger partial charge in [0.2, 0.25) is 0 Å². The van der Waals surface area contributed by atoms with E-state index in [1.54, 1.807) is 0 Å². The van der Waals surface area contributed by atoms with Crippen LogP contribution in [-0.2, 0) is 6.18 Å². The van der Waals surface area contributed by atoms with Gasteiger partial charge in [0.05, 0.1) is 5.02 Å². The maximum absolute atomic E-state index is 13.0. The van der Waals surface area contributed by atoms with E-state index in [1.165, 1.54) is 6.07 Å². The van der Waals surface area contributed by atoms with E-state index in [-0.39, 0.29) is 15.8 Å². The molecule has 0 atom stereocenters. The number of hydrogen-bond donors (Lipinski definition) is 2. The van der Waals surface area contributed by atoms with Gasteiger partial charge in [-0.05, 0) is 18.2 Å². The molecule has 0 aliphatic heterocycles. The summed E-state index contributed by atoms with van der Waals surface area (Å²) in [7, 11) is 0. The van der Waals surface area contributed by atoms with Crippen molar-refractivity contribution in [2.75, 3.05) is 5.32 Å². The molecule has 0 saturated heterocycles. The Morgan fingerprint density at radius 3 is 2.52 bits per heavy atom. The number of aromatic nitrogens is 1. The molecule has 0 saturated carbocycles. The zero-order chi connectivity index (χ0) is 15.8. The Bertz CT molecular complexity index is 702. The summed E-state index contributed by atoms with van der Waals surface area (Å²) >= 11 is 5.85. The van der Waals surface area contributed by atoms with Crippen LogP contribution in [0.5, 0.6) is 0 Å². The Morgan fingerprint density at radius 2 is 2.05 bits per heavy atom. The number of carboxylic acid groups (broad SMARTS) is 1. The van der Waals surface area contributed by atoms with E-state index in [9.17, 15) is 22.4 Å². The SMILES string of the molecule is O=C(O)c1sc(Nc2ccc(F)c(Cl)c2)nc1C(F)(F)F. The van der Waals surface area contributed by atoms with E-state index < -0.39 is 28.5 Å². The second-order valence-electron chi connectivity index (χ2n) is 3.75. The molecule has 21 heavy (non-hydrogen) atoms. The molecule has 10 heteroatoms. The van der Waals surface area contributed by atoms with Gasteiger partial charge in [-0.25, -0.2) is 14.2 Å². The smallest absolute Gasteiger partial charge is 0.435 e. The largest absolute Gasteiger partial charge is 0.477 e. The van der Waals surface area contributed by atoms with Crippen LogP contribution in [0.3, 0.4) is 0 Å². The third-order valence-electron chi connectivity index (χ3n) is 2.26. The number of rotatable bonds is 3. The number of thiazole rings is 1. The van der Waals surface area contributed by atoms with Gasteiger partial charge in [0.15, 0.2) is 10.8 Å². The van der Waals surface area contributed by atoms with E-state index in [0.717, 1.165) is 12.1 Å². The lowest BCUT2D eigenvalue weighted by atomic mass is 10.3. The van der Waals surface area contributed by atoms with Gasteiger partial charge in [-0.2, -0.15) is 13.2 Å². The maximum atomic E-state index is 13.0. The van der Waals surface area contributed by atoms with Crippen molar-refractivity contribution in [1.29, 1.82) is 0 Å². The zero-order valence-corrected chi connectivity index (χ0v) is 11.4. The molecule has 0 unspecified atom stereocenters. The molecular weight excluding hydrogens is 336 g/mol. The van der Waals surface area contributed by atoms with Gasteiger partial charge >= 0.3 is 12.1 Å². The van der Waals surface area contributed by atoms with Gasteiger partial charge in [0.25, 0.3) is 0 Å². The summed E-state index contributed by atoms with van der Waals surface area (Å²) in [6.45, 7) is 0. The molecule has 0 amide bonds. The summed E-state index contributed by atoms with van der Waals surface area (Å²) in [6.07, 6.45) is -4.88. The third-order valence-corrected chi connectivity index (χ3v) is 3.51. The van der Waals surface area contributed by atoms with Gasteiger partial charge in [-0.3, -0.25) is 0 Å². The molecule has 112 valence electrons. The molecule has 0 spiro atoms. The summed E-state index contributed by atoms with van der Waals surface area (Å²) in [5.74, 6) is -2.42. The summed E-state index contributed by atoms with van der Waals surface area (Å²) in [5, 5.41) is 10.7. The average molecular weight is 341 g/mol. The quantitative estimate of drug-likeness (QED) is 0.813. The summed E-state index contributed by atoms with van der Waals surface area (Å²) < 4.78 is 50.9. The molecule has 0 fully saturated rings. The Labute approximate surface area is 124 Å². The van der Waals surface area contributed by atoms with Gasteiger partial charge < -0.3 is 10.4 Å². The van der Waals surface area contributed by atoms with Crippen LogP contribution in [0.15, 0.2) is 18.2 Å². The Balaban J connectivity index is 2.37. The molecule has 1 aromatic heterocycles. The second-order valence-corrected chi connectivity index (χ2v) is 5.16. The molecule has 0 bridgehead atoms. The molecule has 0 radical (unpaired) electrons. The molecule has 0 aliphatic carbocycles. The highest BCUT2D eigenvalue weighted by atomic mass is 35.5. The zero-order valence-electron chi connectivity index (χ0n) is 9.83. The highest BCUT2D eigenvalue weighted by Crippen LogP contribution is 2.37. The summed E-state index contributed by atoms with van der Waals surface area (Å²) in [6, 6.07) is 3.39. The fraction of sp³-hybridized carbons (Fsp3) is 0.0909. The first-order valence-corrected chi connectivity index (χ1v) is 6.41. The fourth-order valence-electron chi connectivity index (χ4n) is 1.41.